The molecule has 2 aromatic rings. The second-order valence-electron chi connectivity index (χ2n) is 5.44. The van der Waals surface area contributed by atoms with E-state index in [0.29, 0.717) is 17.9 Å². The highest BCUT2D eigenvalue weighted by Gasteiger charge is 2.33. The molecule has 0 saturated heterocycles. The third-order valence-electron chi connectivity index (χ3n) is 3.95. The Balaban J connectivity index is 1.78. The number of benzene rings is 2. The predicted molar refractivity (Wildman–Crippen MR) is 87.9 cm³/mol. The number of hydrogen-bond acceptors (Lipinski definition) is 4. The highest BCUT2D eigenvalue weighted by molar-refractivity contribution is 6.07. The van der Waals surface area contributed by atoms with Gasteiger partial charge in [0.25, 0.3) is 0 Å². The van der Waals surface area contributed by atoms with Gasteiger partial charge in [-0.2, -0.15) is 0 Å². The van der Waals surface area contributed by atoms with Crippen molar-refractivity contribution in [2.24, 2.45) is 11.1 Å². The van der Waals surface area contributed by atoms with Crippen LogP contribution in [-0.2, 0) is 17.6 Å². The number of fused-ring (bicyclic) bond motifs is 1. The number of oxime groups is 1. The summed E-state index contributed by atoms with van der Waals surface area (Å²) in [5.74, 6) is -0.264. The van der Waals surface area contributed by atoms with Crippen molar-refractivity contribution >= 4 is 17.5 Å². The number of anilines is 1. The van der Waals surface area contributed by atoms with E-state index in [4.69, 9.17) is 9.94 Å². The van der Waals surface area contributed by atoms with Crippen molar-refractivity contribution in [1.82, 2.24) is 0 Å². The van der Waals surface area contributed by atoms with E-state index >= 15 is 0 Å². The van der Waals surface area contributed by atoms with E-state index in [2.05, 4.69) is 17.4 Å². The van der Waals surface area contributed by atoms with Gasteiger partial charge in [-0.25, -0.2) is 0 Å². The molecule has 0 aromatic heterocycles. The molecule has 2 N–H and O–H groups in total. The Labute approximate surface area is 134 Å². The fraction of sp³-hybridized carbons (Fsp3) is 0.222. The third kappa shape index (κ3) is 3.18. The van der Waals surface area contributed by atoms with Crippen molar-refractivity contribution in [2.45, 2.75) is 19.8 Å². The Morgan fingerprint density at radius 1 is 1.26 bits per heavy atom. The quantitative estimate of drug-likeness (QED) is 0.675. The largest absolute Gasteiger partial charge is 0.439 e. The monoisotopic (exact) mass is 310 g/mol. The third-order valence-corrected chi connectivity index (χ3v) is 3.95. The summed E-state index contributed by atoms with van der Waals surface area (Å²) >= 11 is 0. The molecule has 2 aromatic carbocycles. The van der Waals surface area contributed by atoms with Crippen LogP contribution in [0.5, 0.6) is 5.75 Å². The summed E-state index contributed by atoms with van der Waals surface area (Å²) in [6.07, 6.45) is 1.39. The number of rotatable bonds is 3. The predicted octanol–water partition coefficient (Wildman–Crippen LogP) is 3.23. The maximum absolute atomic E-state index is 12.5. The van der Waals surface area contributed by atoms with Gasteiger partial charge in [-0.1, -0.05) is 42.4 Å². The molecule has 5 nitrogen and oxygen atoms in total. The topological polar surface area (TPSA) is 70.9 Å². The van der Waals surface area contributed by atoms with E-state index in [1.54, 1.807) is 6.07 Å². The molecule has 1 aliphatic heterocycles. The van der Waals surface area contributed by atoms with Gasteiger partial charge in [0.15, 0.2) is 0 Å². The Morgan fingerprint density at radius 3 is 2.70 bits per heavy atom. The SMILES string of the molecule is CCc1ccc(NC(=O)[C@@H]2Cc3ccccc3O/C2=N/O)cc1. The van der Waals surface area contributed by atoms with Crippen LogP contribution in [0, 0.1) is 5.92 Å². The van der Waals surface area contributed by atoms with Gasteiger partial charge in [0.1, 0.15) is 11.7 Å². The van der Waals surface area contributed by atoms with Crippen LogP contribution in [0.1, 0.15) is 18.1 Å². The summed E-state index contributed by atoms with van der Waals surface area (Å²) in [6.45, 7) is 2.08. The molecule has 23 heavy (non-hydrogen) atoms. The zero-order valence-electron chi connectivity index (χ0n) is 12.8. The molecule has 3 rings (SSSR count). The first-order valence-electron chi connectivity index (χ1n) is 7.58. The number of nitrogens with zero attached hydrogens (tertiary/aromatic N) is 1. The molecule has 0 radical (unpaired) electrons. The van der Waals surface area contributed by atoms with Crippen molar-refractivity contribution in [3.05, 3.63) is 59.7 Å². The molecule has 118 valence electrons. The van der Waals surface area contributed by atoms with Crippen LogP contribution < -0.4 is 10.1 Å². The van der Waals surface area contributed by atoms with Crippen LogP contribution in [0.4, 0.5) is 5.69 Å². The Kier molecular flexibility index (Phi) is 4.28. The van der Waals surface area contributed by atoms with Crippen molar-refractivity contribution in [3.63, 3.8) is 0 Å². The molecule has 1 aliphatic rings. The summed E-state index contributed by atoms with van der Waals surface area (Å²) in [7, 11) is 0. The highest BCUT2D eigenvalue weighted by Crippen LogP contribution is 2.29. The van der Waals surface area contributed by atoms with Crippen molar-refractivity contribution < 1.29 is 14.7 Å². The number of carbonyl (C=O) groups is 1. The Morgan fingerprint density at radius 2 is 2.00 bits per heavy atom. The van der Waals surface area contributed by atoms with Gasteiger partial charge < -0.3 is 15.3 Å². The van der Waals surface area contributed by atoms with Gasteiger partial charge in [-0.3, -0.25) is 4.79 Å². The average Bonchev–Trinajstić information content (AvgIpc) is 2.61. The first-order chi connectivity index (χ1) is 11.2. The minimum atomic E-state index is -0.652. The molecule has 0 aliphatic carbocycles. The molecular weight excluding hydrogens is 292 g/mol. The minimum Gasteiger partial charge on any atom is -0.439 e. The number of amides is 1. The highest BCUT2D eigenvalue weighted by atomic mass is 16.5. The van der Waals surface area contributed by atoms with Crippen molar-refractivity contribution in [2.75, 3.05) is 5.32 Å². The zero-order valence-corrected chi connectivity index (χ0v) is 12.8. The summed E-state index contributed by atoms with van der Waals surface area (Å²) < 4.78 is 5.53. The lowest BCUT2D eigenvalue weighted by atomic mass is 9.95. The van der Waals surface area contributed by atoms with Crippen LogP contribution in [0.2, 0.25) is 0 Å². The van der Waals surface area contributed by atoms with Gasteiger partial charge in [0, 0.05) is 5.69 Å². The van der Waals surface area contributed by atoms with E-state index in [1.807, 2.05) is 42.5 Å². The number of hydrogen-bond donors (Lipinski definition) is 2. The minimum absolute atomic E-state index is 0.0198. The van der Waals surface area contributed by atoms with Crippen LogP contribution in [-0.4, -0.2) is 17.0 Å². The van der Waals surface area contributed by atoms with Crippen LogP contribution >= 0.6 is 0 Å². The standard InChI is InChI=1S/C18H18N2O3/c1-2-12-7-9-14(10-8-12)19-17(21)15-11-13-5-3-4-6-16(13)23-18(15)20-22/h3-10,15,22H,2,11H2,1H3,(H,19,21)/b20-18+/t15-/m0/s1. The first kappa shape index (κ1) is 15.1. The fourth-order valence-corrected chi connectivity index (χ4v) is 2.61. The maximum Gasteiger partial charge on any atom is 0.243 e. The smallest absolute Gasteiger partial charge is 0.243 e. The molecule has 1 heterocycles. The molecule has 0 fully saturated rings. The van der Waals surface area contributed by atoms with E-state index in [0.717, 1.165) is 12.0 Å². The molecular formula is C18H18N2O3. The van der Waals surface area contributed by atoms with E-state index in [1.165, 1.54) is 5.56 Å². The molecule has 5 heteroatoms. The van der Waals surface area contributed by atoms with Gasteiger partial charge in [-0.05, 0) is 42.2 Å². The molecule has 0 bridgehead atoms. The molecule has 0 saturated carbocycles. The van der Waals surface area contributed by atoms with E-state index < -0.39 is 5.92 Å². The molecule has 0 unspecified atom stereocenters. The summed E-state index contributed by atoms with van der Waals surface area (Å²) in [5.41, 5.74) is 2.83. The van der Waals surface area contributed by atoms with E-state index in [9.17, 15) is 4.79 Å². The molecule has 1 atom stereocenters. The fourth-order valence-electron chi connectivity index (χ4n) is 2.61. The maximum atomic E-state index is 12.5. The van der Waals surface area contributed by atoms with Gasteiger partial charge in [0.2, 0.25) is 11.8 Å². The average molecular weight is 310 g/mol. The summed E-state index contributed by atoms with van der Waals surface area (Å²) in [4.78, 5) is 12.5. The van der Waals surface area contributed by atoms with Gasteiger partial charge in [-0.15, -0.1) is 0 Å². The first-order valence-corrected chi connectivity index (χ1v) is 7.58. The molecule has 1 amide bonds. The lowest BCUT2D eigenvalue weighted by Crippen LogP contribution is -2.37. The summed E-state index contributed by atoms with van der Waals surface area (Å²) in [5, 5.41) is 15.2. The Bertz CT molecular complexity index is 738. The Hall–Kier alpha value is -2.82. The second-order valence-corrected chi connectivity index (χ2v) is 5.44. The van der Waals surface area contributed by atoms with Gasteiger partial charge in [0.05, 0.1) is 0 Å². The second kappa shape index (κ2) is 6.52. The number of nitrogens with one attached hydrogen (secondary N) is 1. The van der Waals surface area contributed by atoms with Gasteiger partial charge >= 0.3 is 0 Å². The van der Waals surface area contributed by atoms with Crippen LogP contribution in [0.25, 0.3) is 0 Å². The van der Waals surface area contributed by atoms with Crippen molar-refractivity contribution in [3.8, 4) is 5.75 Å². The van der Waals surface area contributed by atoms with E-state index in [-0.39, 0.29) is 11.8 Å². The lowest BCUT2D eigenvalue weighted by molar-refractivity contribution is -0.118. The van der Waals surface area contributed by atoms with Crippen LogP contribution in [0.3, 0.4) is 0 Å². The zero-order chi connectivity index (χ0) is 16.2. The number of para-hydroxylation sites is 1. The number of aryl methyl sites for hydroxylation is 1. The number of ether oxygens (including phenoxy) is 1. The van der Waals surface area contributed by atoms with Crippen LogP contribution in [0.15, 0.2) is 53.7 Å². The lowest BCUT2D eigenvalue weighted by Gasteiger charge is -2.24. The van der Waals surface area contributed by atoms with Crippen molar-refractivity contribution in [1.29, 1.82) is 0 Å². The molecule has 0 spiro atoms. The summed E-state index contributed by atoms with van der Waals surface area (Å²) in [6, 6.07) is 15.1. The normalized spacial score (nSPS) is 18.1. The number of carbonyl (C=O) groups excluding carboxylic acids is 1.